The molecule has 0 spiro atoms. The van der Waals surface area contributed by atoms with Crippen molar-refractivity contribution in [2.24, 2.45) is 0 Å². The fourth-order valence-corrected chi connectivity index (χ4v) is 0.758. The SMILES string of the molecule is CC(=O)O.Fc1c2cccc1-2. The van der Waals surface area contributed by atoms with Gasteiger partial charge in [0.15, 0.2) is 0 Å². The normalized spacial score (nSPS) is 9.64. The van der Waals surface area contributed by atoms with Gasteiger partial charge in [-0.1, -0.05) is 18.2 Å². The lowest BCUT2D eigenvalue weighted by Gasteiger charge is -1.59. The number of fused-ring (bicyclic) bond motifs is 1. The molecule has 0 saturated carbocycles. The number of aliphatic carboxylic acids is 1. The summed E-state index contributed by atoms with van der Waals surface area (Å²) in [4.78, 5) is 9.00. The maximum atomic E-state index is 12.0. The van der Waals surface area contributed by atoms with Gasteiger partial charge in [0.05, 0.1) is 0 Å². The number of halogens is 1. The molecule has 58 valence electrons. The smallest absolute Gasteiger partial charge is 0.300 e. The van der Waals surface area contributed by atoms with Gasteiger partial charge in [-0.25, -0.2) is 4.39 Å². The lowest BCUT2D eigenvalue weighted by molar-refractivity contribution is -0.134. The quantitative estimate of drug-likeness (QED) is 0.629. The monoisotopic (exact) mass is 154 g/mol. The first-order valence-electron chi connectivity index (χ1n) is 3.11. The minimum atomic E-state index is -0.833. The van der Waals surface area contributed by atoms with Gasteiger partial charge in [-0.2, -0.15) is 0 Å². The molecule has 2 aliphatic carbocycles. The largest absolute Gasteiger partial charge is 0.481 e. The fourth-order valence-electron chi connectivity index (χ4n) is 0.758. The Morgan fingerprint density at radius 1 is 1.45 bits per heavy atom. The van der Waals surface area contributed by atoms with Crippen molar-refractivity contribution in [2.45, 2.75) is 6.92 Å². The Morgan fingerprint density at radius 2 is 1.82 bits per heavy atom. The van der Waals surface area contributed by atoms with Crippen LogP contribution in [0.5, 0.6) is 0 Å². The molecule has 0 aromatic carbocycles. The van der Waals surface area contributed by atoms with Crippen molar-refractivity contribution in [2.75, 3.05) is 0 Å². The third kappa shape index (κ3) is 1.77. The highest BCUT2D eigenvalue weighted by Crippen LogP contribution is 2.39. The Bertz CT molecular complexity index is 270. The van der Waals surface area contributed by atoms with E-state index in [9.17, 15) is 4.39 Å². The Kier molecular flexibility index (Phi) is 1.89. The first-order valence-corrected chi connectivity index (χ1v) is 3.11. The van der Waals surface area contributed by atoms with Crippen molar-refractivity contribution in [3.05, 3.63) is 24.0 Å². The summed E-state index contributed by atoms with van der Waals surface area (Å²) < 4.78 is 12.0. The molecule has 0 aromatic rings. The van der Waals surface area contributed by atoms with Crippen molar-refractivity contribution in [1.29, 1.82) is 0 Å². The summed E-state index contributed by atoms with van der Waals surface area (Å²) in [6, 6.07) is 5.42. The number of benzene rings is 1. The zero-order chi connectivity index (χ0) is 8.43. The second kappa shape index (κ2) is 2.70. The molecule has 2 rings (SSSR count). The predicted molar refractivity (Wildman–Crippen MR) is 38.7 cm³/mol. The molecule has 11 heavy (non-hydrogen) atoms. The van der Waals surface area contributed by atoms with Crippen LogP contribution in [0.4, 0.5) is 4.39 Å². The van der Waals surface area contributed by atoms with Crippen molar-refractivity contribution < 1.29 is 14.3 Å². The summed E-state index contributed by atoms with van der Waals surface area (Å²) in [7, 11) is 0. The van der Waals surface area contributed by atoms with Crippen molar-refractivity contribution in [3.63, 3.8) is 0 Å². The maximum absolute atomic E-state index is 12.0. The van der Waals surface area contributed by atoms with E-state index >= 15 is 0 Å². The van der Waals surface area contributed by atoms with Gasteiger partial charge >= 0.3 is 0 Å². The van der Waals surface area contributed by atoms with Crippen LogP contribution in [0.15, 0.2) is 18.2 Å². The molecular formula is C8H7FO2. The summed E-state index contributed by atoms with van der Waals surface area (Å²) in [6.45, 7) is 1.08. The first-order chi connectivity index (χ1) is 5.13. The summed E-state index contributed by atoms with van der Waals surface area (Å²) in [5, 5.41) is 7.42. The Hall–Kier alpha value is -1.38. The van der Waals surface area contributed by atoms with Gasteiger partial charge in [-0.15, -0.1) is 0 Å². The fraction of sp³-hybridized carbons (Fsp3) is 0.125. The van der Waals surface area contributed by atoms with Gasteiger partial charge in [0.1, 0.15) is 5.82 Å². The predicted octanol–water partition coefficient (Wildman–Crippen LogP) is 1.90. The van der Waals surface area contributed by atoms with Crippen LogP contribution in [0.2, 0.25) is 0 Å². The molecule has 0 radical (unpaired) electrons. The standard InChI is InChI=1S/C6H3F.C2H4O2/c7-6-4-2-1-3-5(4)6;1-2(3)4/h1-3H;1H3,(H,3,4). The molecule has 0 saturated heterocycles. The molecule has 0 aromatic heterocycles. The molecular weight excluding hydrogens is 147 g/mol. The van der Waals surface area contributed by atoms with Crippen LogP contribution >= 0.6 is 0 Å². The molecule has 0 bridgehead atoms. The van der Waals surface area contributed by atoms with Gasteiger partial charge in [-0.3, -0.25) is 4.79 Å². The van der Waals surface area contributed by atoms with Crippen LogP contribution < -0.4 is 0 Å². The lowest BCUT2D eigenvalue weighted by Crippen LogP contribution is -1.78. The van der Waals surface area contributed by atoms with Crippen molar-refractivity contribution in [1.82, 2.24) is 0 Å². The van der Waals surface area contributed by atoms with Crippen LogP contribution in [-0.4, -0.2) is 11.1 Å². The van der Waals surface area contributed by atoms with E-state index in [4.69, 9.17) is 9.90 Å². The third-order valence-corrected chi connectivity index (χ3v) is 1.23. The van der Waals surface area contributed by atoms with E-state index in [2.05, 4.69) is 0 Å². The number of rotatable bonds is 0. The van der Waals surface area contributed by atoms with E-state index in [0.29, 0.717) is 0 Å². The summed E-state index contributed by atoms with van der Waals surface area (Å²) >= 11 is 0. The molecule has 0 fully saturated rings. The summed E-state index contributed by atoms with van der Waals surface area (Å²) in [5.74, 6) is -0.845. The third-order valence-electron chi connectivity index (χ3n) is 1.23. The highest BCUT2D eigenvalue weighted by atomic mass is 19.1. The van der Waals surface area contributed by atoms with Crippen LogP contribution in [0.1, 0.15) is 6.92 Å². The van der Waals surface area contributed by atoms with Gasteiger partial charge < -0.3 is 5.11 Å². The zero-order valence-electron chi connectivity index (χ0n) is 5.97. The van der Waals surface area contributed by atoms with Crippen LogP contribution in [0.25, 0.3) is 11.1 Å². The topological polar surface area (TPSA) is 37.3 Å². The molecule has 1 N–H and O–H groups in total. The first kappa shape index (κ1) is 7.72. The van der Waals surface area contributed by atoms with Gasteiger partial charge in [0.25, 0.3) is 5.97 Å². The molecule has 0 unspecified atom stereocenters. The number of carboxylic acid groups (broad SMARTS) is 1. The number of carbonyl (C=O) groups is 1. The Labute approximate surface area is 63.3 Å². The Morgan fingerprint density at radius 3 is 2.00 bits per heavy atom. The molecule has 0 amide bonds. The maximum Gasteiger partial charge on any atom is 0.300 e. The minimum absolute atomic E-state index is 0.0116. The minimum Gasteiger partial charge on any atom is -0.481 e. The second-order valence-corrected chi connectivity index (χ2v) is 2.19. The number of carboxylic acids is 1. The molecule has 3 heteroatoms. The van der Waals surface area contributed by atoms with E-state index in [-0.39, 0.29) is 5.82 Å². The molecule has 0 atom stereocenters. The number of hydrogen-bond acceptors (Lipinski definition) is 1. The van der Waals surface area contributed by atoms with Gasteiger partial charge in [-0.05, 0) is 0 Å². The molecule has 2 aliphatic rings. The highest BCUT2D eigenvalue weighted by molar-refractivity contribution is 5.82. The number of hydrogen-bond donors (Lipinski definition) is 1. The van der Waals surface area contributed by atoms with Gasteiger partial charge in [0, 0.05) is 18.1 Å². The second-order valence-electron chi connectivity index (χ2n) is 2.19. The van der Waals surface area contributed by atoms with E-state index < -0.39 is 5.97 Å². The van der Waals surface area contributed by atoms with E-state index in [0.717, 1.165) is 18.1 Å². The van der Waals surface area contributed by atoms with Crippen LogP contribution in [0, 0.1) is 5.82 Å². The van der Waals surface area contributed by atoms with E-state index in [1.807, 2.05) is 6.07 Å². The zero-order valence-corrected chi connectivity index (χ0v) is 5.97. The lowest BCUT2D eigenvalue weighted by atomic mass is 10.6. The van der Waals surface area contributed by atoms with Crippen molar-refractivity contribution in [3.8, 4) is 11.1 Å². The van der Waals surface area contributed by atoms with E-state index in [1.165, 1.54) is 0 Å². The molecule has 0 heterocycles. The van der Waals surface area contributed by atoms with Crippen LogP contribution in [-0.2, 0) is 4.79 Å². The van der Waals surface area contributed by atoms with Gasteiger partial charge in [0.2, 0.25) is 0 Å². The highest BCUT2D eigenvalue weighted by Gasteiger charge is 2.22. The summed E-state index contributed by atoms with van der Waals surface area (Å²) in [6.07, 6.45) is 0. The molecule has 2 nitrogen and oxygen atoms in total. The average molecular weight is 154 g/mol. The molecule has 0 aliphatic heterocycles. The Balaban J connectivity index is 0.000000134. The average Bonchev–Trinajstić information content (AvgIpc) is 2.41. The summed E-state index contributed by atoms with van der Waals surface area (Å²) in [5.41, 5.74) is 1.61. The van der Waals surface area contributed by atoms with E-state index in [1.54, 1.807) is 12.1 Å². The van der Waals surface area contributed by atoms with Crippen LogP contribution in [0.3, 0.4) is 0 Å². The van der Waals surface area contributed by atoms with Crippen molar-refractivity contribution >= 4 is 5.97 Å².